The summed E-state index contributed by atoms with van der Waals surface area (Å²) in [6, 6.07) is 2.90. The van der Waals surface area contributed by atoms with Crippen LogP contribution in [-0.2, 0) is 25.7 Å². The SMILES string of the molecule is CC(C)C1CCC(OCC2C(NS(C)=O)CCCN2S(=O)(=O)c2cccs2)CC1. The highest BCUT2D eigenvalue weighted by Gasteiger charge is 2.40. The highest BCUT2D eigenvalue weighted by molar-refractivity contribution is 7.91. The Morgan fingerprint density at radius 3 is 2.59 bits per heavy atom. The molecule has 1 aromatic rings. The van der Waals surface area contributed by atoms with Crippen molar-refractivity contribution < 1.29 is 17.4 Å². The van der Waals surface area contributed by atoms with Crippen LogP contribution in [0.1, 0.15) is 52.4 Å². The second-order valence-electron chi connectivity index (χ2n) is 8.55. The van der Waals surface area contributed by atoms with Crippen LogP contribution in [0.4, 0.5) is 0 Å². The molecule has 0 aromatic carbocycles. The largest absolute Gasteiger partial charge is 0.376 e. The minimum Gasteiger partial charge on any atom is -0.376 e. The van der Waals surface area contributed by atoms with E-state index in [-0.39, 0.29) is 18.2 Å². The lowest BCUT2D eigenvalue weighted by Gasteiger charge is -2.41. The van der Waals surface area contributed by atoms with Crippen molar-refractivity contribution in [1.29, 1.82) is 0 Å². The molecule has 2 fully saturated rings. The van der Waals surface area contributed by atoms with Gasteiger partial charge in [-0.05, 0) is 61.8 Å². The van der Waals surface area contributed by atoms with Crippen molar-refractivity contribution in [3.63, 3.8) is 0 Å². The van der Waals surface area contributed by atoms with Crippen LogP contribution in [0, 0.1) is 11.8 Å². The predicted octanol–water partition coefficient (Wildman–Crippen LogP) is 3.38. The van der Waals surface area contributed by atoms with E-state index in [0.29, 0.717) is 23.3 Å². The van der Waals surface area contributed by atoms with Crippen LogP contribution >= 0.6 is 11.3 Å². The van der Waals surface area contributed by atoms with Crippen LogP contribution in [0.5, 0.6) is 0 Å². The lowest BCUT2D eigenvalue weighted by Crippen LogP contribution is -2.58. The fourth-order valence-electron chi connectivity index (χ4n) is 4.56. The van der Waals surface area contributed by atoms with Gasteiger partial charge in [0.1, 0.15) is 4.21 Å². The highest BCUT2D eigenvalue weighted by atomic mass is 32.2. The second-order valence-corrected chi connectivity index (χ2v) is 12.8. The molecule has 1 saturated carbocycles. The highest BCUT2D eigenvalue weighted by Crippen LogP contribution is 2.33. The molecule has 1 aromatic heterocycles. The molecule has 3 atom stereocenters. The third-order valence-corrected chi connectivity index (χ3v) is 10.2. The maximum absolute atomic E-state index is 13.2. The van der Waals surface area contributed by atoms with Gasteiger partial charge in [0.2, 0.25) is 0 Å². The summed E-state index contributed by atoms with van der Waals surface area (Å²) in [7, 11) is -4.78. The Labute approximate surface area is 182 Å². The Bertz CT molecular complexity index is 759. The Kier molecular flexibility index (Phi) is 8.31. The van der Waals surface area contributed by atoms with Gasteiger partial charge < -0.3 is 4.74 Å². The van der Waals surface area contributed by atoms with Gasteiger partial charge in [0.25, 0.3) is 10.0 Å². The summed E-state index contributed by atoms with van der Waals surface area (Å²) >= 11 is 1.24. The number of rotatable bonds is 8. The van der Waals surface area contributed by atoms with Crippen molar-refractivity contribution in [2.75, 3.05) is 19.4 Å². The Balaban J connectivity index is 1.71. The van der Waals surface area contributed by atoms with Gasteiger partial charge in [0.05, 0.1) is 29.7 Å². The second kappa shape index (κ2) is 10.3. The number of hydrogen-bond acceptors (Lipinski definition) is 5. The molecule has 0 bridgehead atoms. The zero-order chi connectivity index (χ0) is 21.0. The number of nitrogens with one attached hydrogen (secondary N) is 1. The molecule has 2 aliphatic rings. The molecule has 2 heterocycles. The maximum atomic E-state index is 13.2. The number of nitrogens with zero attached hydrogens (tertiary/aromatic N) is 1. The van der Waals surface area contributed by atoms with Crippen molar-refractivity contribution in [2.45, 2.75) is 74.8 Å². The van der Waals surface area contributed by atoms with E-state index in [2.05, 4.69) is 18.6 Å². The molecule has 166 valence electrons. The van der Waals surface area contributed by atoms with Crippen LogP contribution < -0.4 is 4.72 Å². The van der Waals surface area contributed by atoms with E-state index in [1.165, 1.54) is 24.2 Å². The van der Waals surface area contributed by atoms with Gasteiger partial charge in [-0.25, -0.2) is 17.3 Å². The Hall–Kier alpha value is -0.320. The molecule has 6 nitrogen and oxygen atoms in total. The number of thiophene rings is 1. The zero-order valence-corrected chi connectivity index (χ0v) is 20.0. The zero-order valence-electron chi connectivity index (χ0n) is 17.6. The summed E-state index contributed by atoms with van der Waals surface area (Å²) in [5, 5.41) is 1.78. The molecule has 1 N–H and O–H groups in total. The van der Waals surface area contributed by atoms with Crippen LogP contribution in [0.25, 0.3) is 0 Å². The summed E-state index contributed by atoms with van der Waals surface area (Å²) in [5.74, 6) is 1.46. The van der Waals surface area contributed by atoms with Gasteiger partial charge >= 0.3 is 0 Å². The standard InChI is InChI=1S/C20H34N2O4S3/c1-15(2)16-8-10-17(11-9-16)26-14-19-18(21-28(3)23)6-4-12-22(19)29(24,25)20-7-5-13-27-20/h5,7,13,15-19,21H,4,6,8-12,14H2,1-3H3. The van der Waals surface area contributed by atoms with Gasteiger partial charge in [0, 0.05) is 18.8 Å². The van der Waals surface area contributed by atoms with Gasteiger partial charge in [-0.15, -0.1) is 11.3 Å². The number of ether oxygens (including phenoxy) is 1. The van der Waals surface area contributed by atoms with Gasteiger partial charge in [0.15, 0.2) is 0 Å². The van der Waals surface area contributed by atoms with E-state index in [1.807, 2.05) is 0 Å². The van der Waals surface area contributed by atoms with Crippen molar-refractivity contribution in [3.05, 3.63) is 17.5 Å². The molecular weight excluding hydrogens is 428 g/mol. The smallest absolute Gasteiger partial charge is 0.252 e. The van der Waals surface area contributed by atoms with Crippen LogP contribution in [0.15, 0.2) is 21.7 Å². The number of sulfonamides is 1. The summed E-state index contributed by atoms with van der Waals surface area (Å²) in [6.45, 7) is 5.38. The number of piperidine rings is 1. The Morgan fingerprint density at radius 1 is 1.28 bits per heavy atom. The third kappa shape index (κ3) is 5.89. The van der Waals surface area contributed by atoms with E-state index in [4.69, 9.17) is 4.74 Å². The van der Waals surface area contributed by atoms with E-state index in [9.17, 15) is 12.6 Å². The number of hydrogen-bond donors (Lipinski definition) is 1. The molecule has 0 spiro atoms. The molecule has 29 heavy (non-hydrogen) atoms. The minimum absolute atomic E-state index is 0.170. The van der Waals surface area contributed by atoms with Crippen LogP contribution in [-0.4, -0.2) is 54.5 Å². The van der Waals surface area contributed by atoms with Crippen molar-refractivity contribution in [2.24, 2.45) is 11.8 Å². The average molecular weight is 463 g/mol. The molecule has 1 saturated heterocycles. The molecule has 0 amide bonds. The van der Waals surface area contributed by atoms with Crippen molar-refractivity contribution in [1.82, 2.24) is 9.03 Å². The molecule has 1 aliphatic carbocycles. The first-order valence-corrected chi connectivity index (χ1v) is 14.4. The summed E-state index contributed by atoms with van der Waals surface area (Å²) < 4.78 is 49.6. The molecule has 9 heteroatoms. The van der Waals surface area contributed by atoms with Crippen molar-refractivity contribution >= 4 is 32.3 Å². The minimum atomic E-state index is -3.58. The van der Waals surface area contributed by atoms with Gasteiger partial charge in [-0.3, -0.25) is 0 Å². The predicted molar refractivity (Wildman–Crippen MR) is 119 cm³/mol. The first-order valence-electron chi connectivity index (χ1n) is 10.6. The quantitative estimate of drug-likeness (QED) is 0.643. The maximum Gasteiger partial charge on any atom is 0.252 e. The molecule has 1 aliphatic heterocycles. The molecular formula is C20H34N2O4S3. The first kappa shape index (κ1) is 23.3. The summed E-state index contributed by atoms with van der Waals surface area (Å²) in [6.07, 6.45) is 7.73. The van der Waals surface area contributed by atoms with Gasteiger partial charge in [-0.1, -0.05) is 19.9 Å². The molecule has 3 unspecified atom stereocenters. The molecule has 0 radical (unpaired) electrons. The fourth-order valence-corrected chi connectivity index (χ4v) is 8.06. The fraction of sp³-hybridized carbons (Fsp3) is 0.800. The van der Waals surface area contributed by atoms with E-state index in [1.54, 1.807) is 28.1 Å². The van der Waals surface area contributed by atoms with Crippen LogP contribution in [0.2, 0.25) is 0 Å². The van der Waals surface area contributed by atoms with E-state index in [0.717, 1.165) is 31.6 Å². The topological polar surface area (TPSA) is 75.7 Å². The average Bonchev–Trinajstić information content (AvgIpc) is 3.22. The van der Waals surface area contributed by atoms with E-state index >= 15 is 0 Å². The normalized spacial score (nSPS) is 30.5. The van der Waals surface area contributed by atoms with E-state index < -0.39 is 21.0 Å². The summed E-state index contributed by atoms with van der Waals surface area (Å²) in [5.41, 5.74) is 0. The monoisotopic (exact) mass is 462 g/mol. The van der Waals surface area contributed by atoms with Gasteiger partial charge in [-0.2, -0.15) is 4.31 Å². The lowest BCUT2D eigenvalue weighted by atomic mass is 9.80. The van der Waals surface area contributed by atoms with Crippen molar-refractivity contribution in [3.8, 4) is 0 Å². The first-order chi connectivity index (χ1) is 13.8. The Morgan fingerprint density at radius 2 is 2.00 bits per heavy atom. The summed E-state index contributed by atoms with van der Waals surface area (Å²) in [4.78, 5) is 0. The molecule has 3 rings (SSSR count). The third-order valence-electron chi connectivity index (χ3n) is 6.27. The van der Waals surface area contributed by atoms with Crippen LogP contribution in [0.3, 0.4) is 0 Å². The lowest BCUT2D eigenvalue weighted by molar-refractivity contribution is -0.0172.